The van der Waals surface area contributed by atoms with E-state index in [4.69, 9.17) is 5.73 Å². The monoisotopic (exact) mass is 272 g/mol. The average Bonchev–Trinajstić information content (AvgIpc) is 2.97. The Morgan fingerprint density at radius 3 is 2.45 bits per heavy atom. The molecule has 3 nitrogen and oxygen atoms in total. The van der Waals surface area contributed by atoms with Crippen molar-refractivity contribution in [2.45, 2.75) is 50.6 Å². The van der Waals surface area contributed by atoms with Gasteiger partial charge in [-0.3, -0.25) is 4.79 Å². The summed E-state index contributed by atoms with van der Waals surface area (Å²) in [4.78, 5) is 14.9. The number of nitrogens with two attached hydrogens (primary N) is 1. The molecule has 2 fully saturated rings. The highest BCUT2D eigenvalue weighted by Gasteiger charge is 2.35. The molecule has 1 amide bonds. The first-order chi connectivity index (χ1) is 9.75. The molecular weight excluding hydrogens is 248 g/mol. The zero-order chi connectivity index (χ0) is 13.9. The third-order valence-corrected chi connectivity index (χ3v) is 4.84. The smallest absolute Gasteiger partial charge is 0.226 e. The molecule has 1 heterocycles. The van der Waals surface area contributed by atoms with Crippen molar-refractivity contribution in [3.63, 3.8) is 0 Å². The Bertz CT molecular complexity index is 451. The Morgan fingerprint density at radius 1 is 1.05 bits per heavy atom. The van der Waals surface area contributed by atoms with Gasteiger partial charge in [0, 0.05) is 18.5 Å². The molecule has 108 valence electrons. The first kappa shape index (κ1) is 13.6. The Morgan fingerprint density at radius 2 is 1.75 bits per heavy atom. The van der Waals surface area contributed by atoms with Crippen LogP contribution in [0.2, 0.25) is 0 Å². The molecular formula is C17H24N2O. The fourth-order valence-corrected chi connectivity index (χ4v) is 3.65. The lowest BCUT2D eigenvalue weighted by atomic mass is 9.85. The molecule has 1 saturated carbocycles. The summed E-state index contributed by atoms with van der Waals surface area (Å²) >= 11 is 0. The summed E-state index contributed by atoms with van der Waals surface area (Å²) in [5.41, 5.74) is 7.23. The lowest BCUT2D eigenvalue weighted by Crippen LogP contribution is -2.39. The molecule has 0 bridgehead atoms. The van der Waals surface area contributed by atoms with Crippen LogP contribution in [0, 0.1) is 5.92 Å². The highest BCUT2D eigenvalue weighted by Crippen LogP contribution is 2.35. The van der Waals surface area contributed by atoms with Crippen molar-refractivity contribution in [1.29, 1.82) is 0 Å². The molecule has 1 atom stereocenters. The van der Waals surface area contributed by atoms with E-state index in [0.29, 0.717) is 18.0 Å². The fourth-order valence-electron chi connectivity index (χ4n) is 3.65. The number of rotatable bonds is 2. The summed E-state index contributed by atoms with van der Waals surface area (Å²) in [6.07, 6.45) is 6.16. The predicted molar refractivity (Wildman–Crippen MR) is 80.1 cm³/mol. The number of nitrogens with zero attached hydrogens (tertiary/aromatic N) is 1. The van der Waals surface area contributed by atoms with Gasteiger partial charge in [0.05, 0.1) is 6.04 Å². The summed E-state index contributed by atoms with van der Waals surface area (Å²) in [6.45, 7) is 0.918. The summed E-state index contributed by atoms with van der Waals surface area (Å²) in [5.74, 6) is 0.572. The van der Waals surface area contributed by atoms with Crippen LogP contribution in [0.25, 0.3) is 0 Å². The van der Waals surface area contributed by atoms with Crippen LogP contribution in [0.1, 0.15) is 50.1 Å². The fraction of sp³-hybridized carbons (Fsp3) is 0.588. The van der Waals surface area contributed by atoms with Gasteiger partial charge >= 0.3 is 0 Å². The zero-order valence-corrected chi connectivity index (χ0v) is 12.0. The van der Waals surface area contributed by atoms with Crippen LogP contribution >= 0.6 is 0 Å². The van der Waals surface area contributed by atoms with Crippen molar-refractivity contribution >= 4 is 5.91 Å². The predicted octanol–water partition coefficient (Wildman–Crippen LogP) is 2.87. The molecule has 0 radical (unpaired) electrons. The lowest BCUT2D eigenvalue weighted by molar-refractivity contribution is -0.137. The number of carbonyl (C=O) groups excluding carboxylic acids is 1. The second kappa shape index (κ2) is 5.96. The van der Waals surface area contributed by atoms with Gasteiger partial charge in [-0.25, -0.2) is 0 Å². The van der Waals surface area contributed by atoms with Crippen molar-refractivity contribution in [2.24, 2.45) is 11.7 Å². The van der Waals surface area contributed by atoms with Gasteiger partial charge in [0.1, 0.15) is 0 Å². The summed E-state index contributed by atoms with van der Waals surface area (Å²) in [5, 5.41) is 0. The maximum Gasteiger partial charge on any atom is 0.226 e. The third-order valence-electron chi connectivity index (χ3n) is 4.84. The van der Waals surface area contributed by atoms with E-state index in [-0.39, 0.29) is 5.92 Å². The summed E-state index contributed by atoms with van der Waals surface area (Å²) < 4.78 is 0. The number of amides is 1. The quantitative estimate of drug-likeness (QED) is 0.900. The van der Waals surface area contributed by atoms with E-state index in [1.807, 2.05) is 6.07 Å². The third kappa shape index (κ3) is 2.73. The first-order valence-electron chi connectivity index (χ1n) is 7.86. The molecule has 0 spiro atoms. The van der Waals surface area contributed by atoms with Gasteiger partial charge in [0.15, 0.2) is 0 Å². The van der Waals surface area contributed by atoms with Crippen LogP contribution in [0.4, 0.5) is 0 Å². The molecule has 1 aromatic rings. The number of benzene rings is 1. The topological polar surface area (TPSA) is 46.3 Å². The van der Waals surface area contributed by atoms with Gasteiger partial charge in [0.25, 0.3) is 0 Å². The lowest BCUT2D eigenvalue weighted by Gasteiger charge is -2.32. The minimum absolute atomic E-state index is 0.208. The van der Waals surface area contributed by atoms with Gasteiger partial charge in [0.2, 0.25) is 5.91 Å². The molecule has 3 heteroatoms. The second-order valence-corrected chi connectivity index (χ2v) is 6.21. The normalized spacial score (nSPS) is 30.4. The maximum absolute atomic E-state index is 12.8. The van der Waals surface area contributed by atoms with Crippen LogP contribution in [0.5, 0.6) is 0 Å². The van der Waals surface area contributed by atoms with Gasteiger partial charge in [-0.05, 0) is 44.1 Å². The molecule has 1 aliphatic heterocycles. The van der Waals surface area contributed by atoms with E-state index in [1.165, 1.54) is 5.56 Å². The molecule has 20 heavy (non-hydrogen) atoms. The van der Waals surface area contributed by atoms with Crippen molar-refractivity contribution < 1.29 is 4.79 Å². The molecule has 2 N–H and O–H groups in total. The zero-order valence-electron chi connectivity index (χ0n) is 12.0. The molecule has 1 aromatic carbocycles. The van der Waals surface area contributed by atoms with Crippen LogP contribution in [-0.4, -0.2) is 23.4 Å². The van der Waals surface area contributed by atoms with E-state index in [2.05, 4.69) is 29.2 Å². The average molecular weight is 272 g/mol. The van der Waals surface area contributed by atoms with Crippen molar-refractivity contribution in [1.82, 2.24) is 4.90 Å². The minimum atomic E-state index is 0.208. The van der Waals surface area contributed by atoms with Gasteiger partial charge in [-0.15, -0.1) is 0 Å². The highest BCUT2D eigenvalue weighted by molar-refractivity contribution is 5.79. The Balaban J connectivity index is 1.70. The van der Waals surface area contributed by atoms with E-state index >= 15 is 0 Å². The van der Waals surface area contributed by atoms with Crippen LogP contribution in [0.15, 0.2) is 30.3 Å². The number of hydrogen-bond acceptors (Lipinski definition) is 2. The van der Waals surface area contributed by atoms with Gasteiger partial charge in [-0.2, -0.15) is 0 Å². The second-order valence-electron chi connectivity index (χ2n) is 6.21. The standard InChI is InChI=1S/C17H24N2O/c18-15-10-8-14(9-11-15)17(20)19-12-4-7-16(19)13-5-2-1-3-6-13/h1-3,5-6,14-16H,4,7-12,18H2. The largest absolute Gasteiger partial charge is 0.335 e. The van der Waals surface area contributed by atoms with Crippen molar-refractivity contribution in [2.75, 3.05) is 6.54 Å². The minimum Gasteiger partial charge on any atom is -0.335 e. The number of carbonyl (C=O) groups is 1. The summed E-state index contributed by atoms with van der Waals surface area (Å²) in [7, 11) is 0. The van der Waals surface area contributed by atoms with E-state index in [9.17, 15) is 4.79 Å². The molecule has 2 aliphatic rings. The Labute approximate surface area is 121 Å². The maximum atomic E-state index is 12.8. The van der Waals surface area contributed by atoms with Gasteiger partial charge < -0.3 is 10.6 Å². The Kier molecular flexibility index (Phi) is 4.06. The SMILES string of the molecule is NC1CCC(C(=O)N2CCCC2c2ccccc2)CC1. The van der Waals surface area contributed by atoms with E-state index in [0.717, 1.165) is 45.1 Å². The van der Waals surface area contributed by atoms with Crippen LogP contribution in [0.3, 0.4) is 0 Å². The van der Waals surface area contributed by atoms with Gasteiger partial charge in [-0.1, -0.05) is 30.3 Å². The molecule has 3 rings (SSSR count). The van der Waals surface area contributed by atoms with E-state index < -0.39 is 0 Å². The van der Waals surface area contributed by atoms with Crippen LogP contribution in [-0.2, 0) is 4.79 Å². The van der Waals surface area contributed by atoms with E-state index in [1.54, 1.807) is 0 Å². The first-order valence-corrected chi connectivity index (χ1v) is 7.86. The summed E-state index contributed by atoms with van der Waals surface area (Å²) in [6, 6.07) is 11.1. The number of hydrogen-bond donors (Lipinski definition) is 1. The van der Waals surface area contributed by atoms with Crippen LogP contribution < -0.4 is 5.73 Å². The van der Waals surface area contributed by atoms with Crippen molar-refractivity contribution in [3.8, 4) is 0 Å². The molecule has 0 aromatic heterocycles. The van der Waals surface area contributed by atoms with Crippen molar-refractivity contribution in [3.05, 3.63) is 35.9 Å². The Hall–Kier alpha value is -1.35. The molecule has 1 saturated heterocycles. The number of likely N-dealkylation sites (tertiary alicyclic amines) is 1. The highest BCUT2D eigenvalue weighted by atomic mass is 16.2. The molecule has 1 unspecified atom stereocenters. The molecule has 1 aliphatic carbocycles.